The summed E-state index contributed by atoms with van der Waals surface area (Å²) in [7, 11) is 0. The van der Waals surface area contributed by atoms with Gasteiger partial charge in [0, 0.05) is 23.1 Å². The van der Waals surface area contributed by atoms with E-state index in [0.717, 1.165) is 16.7 Å². The molecular weight excluding hydrogens is 535 g/mol. The first-order chi connectivity index (χ1) is 18.8. The molecule has 3 aromatic carbocycles. The summed E-state index contributed by atoms with van der Waals surface area (Å²) >= 11 is 12.5. The fraction of sp³-hybridized carbons (Fsp3) is 0.233. The number of amides is 4. The molecule has 9 heteroatoms. The van der Waals surface area contributed by atoms with E-state index in [9.17, 15) is 14.4 Å². The van der Waals surface area contributed by atoms with Crippen LogP contribution in [0.1, 0.15) is 31.0 Å². The lowest BCUT2D eigenvalue weighted by molar-refractivity contribution is -0.135. The minimum absolute atomic E-state index is 0.150. The van der Waals surface area contributed by atoms with Gasteiger partial charge in [-0.2, -0.15) is 0 Å². The topological polar surface area (TPSA) is 81.8 Å². The molecule has 0 bridgehead atoms. The third-order valence-electron chi connectivity index (χ3n) is 7.21. The van der Waals surface area contributed by atoms with Crippen molar-refractivity contribution in [2.24, 2.45) is 0 Å². The van der Waals surface area contributed by atoms with Crippen LogP contribution in [-0.4, -0.2) is 46.8 Å². The molecule has 2 aliphatic rings. The Morgan fingerprint density at radius 2 is 1.72 bits per heavy atom. The van der Waals surface area contributed by atoms with Gasteiger partial charge in [0.25, 0.3) is 5.91 Å². The fourth-order valence-electron chi connectivity index (χ4n) is 5.05. The van der Waals surface area contributed by atoms with Crippen molar-refractivity contribution in [1.29, 1.82) is 0 Å². The van der Waals surface area contributed by atoms with E-state index in [1.165, 1.54) is 9.80 Å². The van der Waals surface area contributed by atoms with Crippen molar-refractivity contribution in [1.82, 2.24) is 20.4 Å². The molecule has 0 fully saturated rings. The van der Waals surface area contributed by atoms with Crippen LogP contribution < -0.4 is 10.6 Å². The number of hydrogen-bond donors (Lipinski definition) is 2. The van der Waals surface area contributed by atoms with Crippen molar-refractivity contribution in [2.75, 3.05) is 13.1 Å². The third-order valence-corrected chi connectivity index (χ3v) is 7.78. The summed E-state index contributed by atoms with van der Waals surface area (Å²) in [6.07, 6.45) is 0. The number of nitrogens with one attached hydrogen (secondary N) is 2. The fourth-order valence-corrected chi connectivity index (χ4v) is 5.57. The zero-order valence-electron chi connectivity index (χ0n) is 21.6. The first kappa shape index (κ1) is 26.8. The van der Waals surface area contributed by atoms with Crippen LogP contribution in [0.15, 0.2) is 84.1 Å². The average Bonchev–Trinajstić information content (AvgIpc) is 3.28. The van der Waals surface area contributed by atoms with Gasteiger partial charge in [-0.25, -0.2) is 4.79 Å². The summed E-state index contributed by atoms with van der Waals surface area (Å²) < 4.78 is 0. The zero-order chi connectivity index (χ0) is 27.7. The molecule has 0 saturated heterocycles. The van der Waals surface area contributed by atoms with Crippen LogP contribution in [-0.2, 0) is 16.1 Å². The lowest BCUT2D eigenvalue weighted by atomic mass is 9.95. The number of hydrogen-bond acceptors (Lipinski definition) is 3. The Hall–Kier alpha value is -3.81. The van der Waals surface area contributed by atoms with Crippen molar-refractivity contribution in [3.63, 3.8) is 0 Å². The number of likely N-dealkylation sites (N-methyl/N-ethyl adjacent to an activating group) is 1. The second-order valence-electron chi connectivity index (χ2n) is 9.54. The highest BCUT2D eigenvalue weighted by Crippen LogP contribution is 2.39. The lowest BCUT2D eigenvalue weighted by Crippen LogP contribution is -2.47. The smallest absolute Gasteiger partial charge is 0.322 e. The van der Waals surface area contributed by atoms with E-state index in [0.29, 0.717) is 40.0 Å². The van der Waals surface area contributed by atoms with Crippen molar-refractivity contribution in [3.05, 3.63) is 105 Å². The molecule has 0 aromatic heterocycles. The van der Waals surface area contributed by atoms with E-state index in [1.807, 2.05) is 61.5 Å². The molecule has 7 nitrogen and oxygen atoms in total. The van der Waals surface area contributed by atoms with Gasteiger partial charge in [-0.05, 0) is 48.2 Å². The van der Waals surface area contributed by atoms with Crippen LogP contribution in [0.2, 0.25) is 10.0 Å². The number of halogens is 2. The minimum Gasteiger partial charge on any atom is -0.350 e. The molecule has 2 heterocycles. The Labute approximate surface area is 237 Å². The largest absolute Gasteiger partial charge is 0.350 e. The molecule has 0 saturated carbocycles. The van der Waals surface area contributed by atoms with Crippen molar-refractivity contribution in [2.45, 2.75) is 32.5 Å². The molecule has 2 atom stereocenters. The van der Waals surface area contributed by atoms with Gasteiger partial charge >= 0.3 is 6.03 Å². The second-order valence-corrected chi connectivity index (χ2v) is 10.4. The number of rotatable bonds is 7. The first-order valence-corrected chi connectivity index (χ1v) is 13.5. The SMILES string of the molecule is CCN1C(=O)NC(c2ccc(Cl)cc2Cl)C2=C1CN(C(C)C(=O)NCc1ccc(-c3ccccc3)cc1)C2=O. The van der Waals surface area contributed by atoms with Gasteiger partial charge in [0.15, 0.2) is 0 Å². The van der Waals surface area contributed by atoms with E-state index in [2.05, 4.69) is 10.6 Å². The number of carbonyl (C=O) groups excluding carboxylic acids is 3. The summed E-state index contributed by atoms with van der Waals surface area (Å²) in [5.74, 6) is -0.590. The summed E-state index contributed by atoms with van der Waals surface area (Å²) in [5.41, 5.74) is 4.74. The molecule has 2 aliphatic heterocycles. The van der Waals surface area contributed by atoms with Gasteiger partial charge in [-0.1, -0.05) is 83.9 Å². The number of nitrogens with zero attached hydrogens (tertiary/aromatic N) is 2. The van der Waals surface area contributed by atoms with Gasteiger partial charge in [-0.3, -0.25) is 14.5 Å². The Morgan fingerprint density at radius 3 is 2.38 bits per heavy atom. The Kier molecular flexibility index (Phi) is 7.64. The molecule has 4 amide bonds. The summed E-state index contributed by atoms with van der Waals surface area (Å²) in [6, 6.07) is 21.2. The van der Waals surface area contributed by atoms with Crippen LogP contribution in [0.4, 0.5) is 4.79 Å². The molecule has 2 unspecified atom stereocenters. The maximum absolute atomic E-state index is 13.7. The van der Waals surface area contributed by atoms with E-state index in [4.69, 9.17) is 23.2 Å². The summed E-state index contributed by atoms with van der Waals surface area (Å²) in [6.45, 7) is 4.40. The van der Waals surface area contributed by atoms with Crippen molar-refractivity contribution in [3.8, 4) is 11.1 Å². The molecule has 2 N–H and O–H groups in total. The van der Waals surface area contributed by atoms with Gasteiger partial charge < -0.3 is 15.5 Å². The zero-order valence-corrected chi connectivity index (χ0v) is 23.1. The molecule has 0 aliphatic carbocycles. The van der Waals surface area contributed by atoms with Gasteiger partial charge in [0.2, 0.25) is 5.91 Å². The van der Waals surface area contributed by atoms with E-state index in [-0.39, 0.29) is 24.4 Å². The monoisotopic (exact) mass is 562 g/mol. The predicted molar refractivity (Wildman–Crippen MR) is 152 cm³/mol. The van der Waals surface area contributed by atoms with Crippen LogP contribution in [0.3, 0.4) is 0 Å². The normalized spacial score (nSPS) is 17.7. The van der Waals surface area contributed by atoms with E-state index < -0.39 is 12.1 Å². The summed E-state index contributed by atoms with van der Waals surface area (Å²) in [4.78, 5) is 42.8. The second kappa shape index (κ2) is 11.1. The highest BCUT2D eigenvalue weighted by atomic mass is 35.5. The minimum atomic E-state index is -0.748. The highest BCUT2D eigenvalue weighted by Gasteiger charge is 2.46. The Balaban J connectivity index is 1.30. The van der Waals surface area contributed by atoms with E-state index >= 15 is 0 Å². The van der Waals surface area contributed by atoms with Gasteiger partial charge in [0.05, 0.1) is 23.9 Å². The standard InChI is InChI=1S/C30H28Cl2N4O3/c1-3-35-25-17-36(29(38)26(25)27(34-30(35)39)23-14-13-22(31)15-24(23)32)18(2)28(37)33-16-19-9-11-21(12-10-19)20-7-5-4-6-8-20/h4-15,18,27H,3,16-17H2,1-2H3,(H,33,37)(H,34,39). The number of carbonyl (C=O) groups is 3. The van der Waals surface area contributed by atoms with Gasteiger partial charge in [-0.15, -0.1) is 0 Å². The van der Waals surface area contributed by atoms with E-state index in [1.54, 1.807) is 25.1 Å². The Morgan fingerprint density at radius 1 is 1.03 bits per heavy atom. The van der Waals surface area contributed by atoms with Crippen LogP contribution in [0.5, 0.6) is 0 Å². The molecule has 39 heavy (non-hydrogen) atoms. The van der Waals surface area contributed by atoms with Crippen LogP contribution >= 0.6 is 23.2 Å². The molecular formula is C30H28Cl2N4O3. The molecule has 5 rings (SSSR count). The molecule has 200 valence electrons. The molecule has 3 aromatic rings. The highest BCUT2D eigenvalue weighted by molar-refractivity contribution is 6.35. The Bertz CT molecular complexity index is 1460. The van der Waals surface area contributed by atoms with Crippen molar-refractivity contribution >= 4 is 41.0 Å². The van der Waals surface area contributed by atoms with Crippen LogP contribution in [0.25, 0.3) is 11.1 Å². The molecule has 0 radical (unpaired) electrons. The van der Waals surface area contributed by atoms with Crippen molar-refractivity contribution < 1.29 is 14.4 Å². The summed E-state index contributed by atoms with van der Waals surface area (Å²) in [5, 5.41) is 6.65. The maximum Gasteiger partial charge on any atom is 0.322 e. The number of urea groups is 1. The lowest BCUT2D eigenvalue weighted by Gasteiger charge is -2.33. The quantitative estimate of drug-likeness (QED) is 0.396. The average molecular weight is 563 g/mol. The predicted octanol–water partition coefficient (Wildman–Crippen LogP) is 5.55. The van der Waals surface area contributed by atoms with Crippen LogP contribution in [0, 0.1) is 0 Å². The molecule has 0 spiro atoms. The van der Waals surface area contributed by atoms with Gasteiger partial charge in [0.1, 0.15) is 6.04 Å². The maximum atomic E-state index is 13.7. The first-order valence-electron chi connectivity index (χ1n) is 12.8. The third kappa shape index (κ3) is 5.24. The number of benzene rings is 3.